The first kappa shape index (κ1) is 10.7. The minimum atomic E-state index is 0.0931. The van der Waals surface area contributed by atoms with Crippen LogP contribution in [0.4, 0.5) is 0 Å². The highest BCUT2D eigenvalue weighted by molar-refractivity contribution is 5.92. The standard InChI is InChI=1S/C12H20N2O/c1-8(2)12-10-6-4-5-7-11(10)13-14(12)9(3)15/h8,10,12H,4-7H2,1-3H3/t10-,12-/m1/s1. The highest BCUT2D eigenvalue weighted by Gasteiger charge is 2.41. The van der Waals surface area contributed by atoms with Crippen LogP contribution in [0.15, 0.2) is 5.10 Å². The minimum Gasteiger partial charge on any atom is -0.273 e. The lowest BCUT2D eigenvalue weighted by atomic mass is 9.79. The molecular formula is C12H20N2O. The number of nitrogens with zero attached hydrogens (tertiary/aromatic N) is 2. The molecule has 0 unspecified atom stereocenters. The van der Waals surface area contributed by atoms with Crippen molar-refractivity contribution in [1.82, 2.24) is 5.01 Å². The molecule has 2 atom stereocenters. The molecule has 0 bridgehead atoms. The third-order valence-electron chi connectivity index (χ3n) is 3.56. The Labute approximate surface area is 91.5 Å². The zero-order chi connectivity index (χ0) is 11.0. The molecular weight excluding hydrogens is 188 g/mol. The van der Waals surface area contributed by atoms with Crippen LogP contribution in [0.1, 0.15) is 46.5 Å². The summed E-state index contributed by atoms with van der Waals surface area (Å²) in [5, 5.41) is 6.24. The predicted molar refractivity (Wildman–Crippen MR) is 60.5 cm³/mol. The lowest BCUT2D eigenvalue weighted by molar-refractivity contribution is -0.132. The summed E-state index contributed by atoms with van der Waals surface area (Å²) in [6.45, 7) is 6.00. The average Bonchev–Trinajstić information content (AvgIpc) is 2.56. The SMILES string of the molecule is CC(=O)N1N=C2CCCC[C@H]2[C@H]1C(C)C. The lowest BCUT2D eigenvalue weighted by Gasteiger charge is -2.30. The summed E-state index contributed by atoms with van der Waals surface area (Å²) < 4.78 is 0. The van der Waals surface area contributed by atoms with Crippen LogP contribution in [0.3, 0.4) is 0 Å². The van der Waals surface area contributed by atoms with Gasteiger partial charge in [-0.15, -0.1) is 0 Å². The van der Waals surface area contributed by atoms with E-state index in [9.17, 15) is 4.79 Å². The Balaban J connectivity index is 2.24. The van der Waals surface area contributed by atoms with Gasteiger partial charge in [-0.3, -0.25) is 4.79 Å². The Kier molecular flexibility index (Phi) is 2.81. The van der Waals surface area contributed by atoms with Gasteiger partial charge in [0.25, 0.3) is 0 Å². The second-order valence-electron chi connectivity index (χ2n) is 5.04. The van der Waals surface area contributed by atoms with Gasteiger partial charge in [0.2, 0.25) is 5.91 Å². The van der Waals surface area contributed by atoms with Crippen LogP contribution in [0.25, 0.3) is 0 Å². The zero-order valence-electron chi connectivity index (χ0n) is 9.86. The van der Waals surface area contributed by atoms with Crippen LogP contribution in [0.5, 0.6) is 0 Å². The largest absolute Gasteiger partial charge is 0.273 e. The van der Waals surface area contributed by atoms with Crippen molar-refractivity contribution in [2.45, 2.75) is 52.5 Å². The second kappa shape index (κ2) is 3.95. The van der Waals surface area contributed by atoms with E-state index in [1.807, 2.05) is 0 Å². The molecule has 0 aromatic rings. The summed E-state index contributed by atoms with van der Waals surface area (Å²) in [7, 11) is 0. The number of hydrogen-bond donors (Lipinski definition) is 0. The molecule has 0 saturated heterocycles. The van der Waals surface area contributed by atoms with E-state index in [2.05, 4.69) is 18.9 Å². The minimum absolute atomic E-state index is 0.0931. The van der Waals surface area contributed by atoms with Crippen molar-refractivity contribution >= 4 is 11.6 Å². The summed E-state index contributed by atoms with van der Waals surface area (Å²) in [4.78, 5) is 11.5. The van der Waals surface area contributed by atoms with Crippen molar-refractivity contribution in [3.05, 3.63) is 0 Å². The van der Waals surface area contributed by atoms with Crippen molar-refractivity contribution in [2.75, 3.05) is 0 Å². The van der Waals surface area contributed by atoms with Gasteiger partial charge in [0.1, 0.15) is 0 Å². The molecule has 1 heterocycles. The van der Waals surface area contributed by atoms with E-state index < -0.39 is 0 Å². The molecule has 15 heavy (non-hydrogen) atoms. The predicted octanol–water partition coefficient (Wildman–Crippen LogP) is 2.42. The van der Waals surface area contributed by atoms with E-state index in [1.165, 1.54) is 25.0 Å². The van der Waals surface area contributed by atoms with Crippen LogP contribution >= 0.6 is 0 Å². The fourth-order valence-corrected chi connectivity index (χ4v) is 2.92. The first-order chi connectivity index (χ1) is 7.11. The molecule has 1 aliphatic carbocycles. The highest BCUT2D eigenvalue weighted by atomic mass is 16.2. The molecule has 3 heteroatoms. The van der Waals surface area contributed by atoms with E-state index in [0.717, 1.165) is 6.42 Å². The van der Waals surface area contributed by atoms with Crippen LogP contribution in [0.2, 0.25) is 0 Å². The fourth-order valence-electron chi connectivity index (χ4n) is 2.92. The number of hydrogen-bond acceptors (Lipinski definition) is 2. The van der Waals surface area contributed by atoms with Gasteiger partial charge < -0.3 is 0 Å². The van der Waals surface area contributed by atoms with Gasteiger partial charge in [-0.2, -0.15) is 5.10 Å². The van der Waals surface area contributed by atoms with Crippen molar-refractivity contribution in [2.24, 2.45) is 16.9 Å². The number of amides is 1. The molecule has 1 aliphatic heterocycles. The van der Waals surface area contributed by atoms with E-state index in [-0.39, 0.29) is 5.91 Å². The smallest absolute Gasteiger partial charge is 0.239 e. The van der Waals surface area contributed by atoms with Crippen LogP contribution in [0, 0.1) is 11.8 Å². The number of fused-ring (bicyclic) bond motifs is 1. The van der Waals surface area contributed by atoms with Gasteiger partial charge in [0.15, 0.2) is 0 Å². The Morgan fingerprint density at radius 1 is 1.47 bits per heavy atom. The van der Waals surface area contributed by atoms with Gasteiger partial charge >= 0.3 is 0 Å². The third-order valence-corrected chi connectivity index (χ3v) is 3.56. The first-order valence-electron chi connectivity index (χ1n) is 5.98. The van der Waals surface area contributed by atoms with Gasteiger partial charge in [-0.1, -0.05) is 20.3 Å². The molecule has 84 valence electrons. The molecule has 1 amide bonds. The molecule has 0 aromatic carbocycles. The first-order valence-corrected chi connectivity index (χ1v) is 5.98. The second-order valence-corrected chi connectivity index (χ2v) is 5.04. The topological polar surface area (TPSA) is 32.7 Å². The summed E-state index contributed by atoms with van der Waals surface area (Å²) in [5.41, 5.74) is 1.27. The van der Waals surface area contributed by atoms with Gasteiger partial charge in [0.05, 0.1) is 6.04 Å². The van der Waals surface area contributed by atoms with E-state index in [0.29, 0.717) is 17.9 Å². The number of carbonyl (C=O) groups excluding carboxylic acids is 1. The maximum atomic E-state index is 11.5. The number of hydrazone groups is 1. The van der Waals surface area contributed by atoms with Crippen LogP contribution < -0.4 is 0 Å². The van der Waals surface area contributed by atoms with Crippen LogP contribution in [-0.2, 0) is 4.79 Å². The Morgan fingerprint density at radius 3 is 2.80 bits per heavy atom. The molecule has 0 radical (unpaired) electrons. The Bertz CT molecular complexity index is 296. The van der Waals surface area contributed by atoms with E-state index in [1.54, 1.807) is 11.9 Å². The number of carbonyl (C=O) groups is 1. The van der Waals surface area contributed by atoms with Gasteiger partial charge in [-0.25, -0.2) is 5.01 Å². The van der Waals surface area contributed by atoms with Gasteiger partial charge in [0, 0.05) is 18.6 Å². The normalized spacial score (nSPS) is 30.4. The summed E-state index contributed by atoms with van der Waals surface area (Å²) in [6, 6.07) is 0.317. The molecule has 0 aromatic heterocycles. The van der Waals surface area contributed by atoms with Crippen molar-refractivity contribution < 1.29 is 4.79 Å². The molecule has 0 spiro atoms. The van der Waals surface area contributed by atoms with E-state index >= 15 is 0 Å². The fraction of sp³-hybridized carbons (Fsp3) is 0.833. The monoisotopic (exact) mass is 208 g/mol. The van der Waals surface area contributed by atoms with Crippen molar-refractivity contribution in [3.63, 3.8) is 0 Å². The molecule has 0 N–H and O–H groups in total. The lowest BCUT2D eigenvalue weighted by Crippen LogP contribution is -2.40. The Morgan fingerprint density at radius 2 is 2.20 bits per heavy atom. The van der Waals surface area contributed by atoms with Crippen molar-refractivity contribution in [1.29, 1.82) is 0 Å². The summed E-state index contributed by atoms with van der Waals surface area (Å²) in [5.74, 6) is 1.14. The summed E-state index contributed by atoms with van der Waals surface area (Å²) in [6.07, 6.45) is 4.84. The summed E-state index contributed by atoms with van der Waals surface area (Å²) >= 11 is 0. The third kappa shape index (κ3) is 1.80. The maximum absolute atomic E-state index is 11.5. The molecule has 3 nitrogen and oxygen atoms in total. The molecule has 2 rings (SSSR count). The van der Waals surface area contributed by atoms with Crippen LogP contribution in [-0.4, -0.2) is 22.7 Å². The maximum Gasteiger partial charge on any atom is 0.239 e. The van der Waals surface area contributed by atoms with E-state index in [4.69, 9.17) is 0 Å². The molecule has 1 fully saturated rings. The Hall–Kier alpha value is -0.860. The average molecular weight is 208 g/mol. The van der Waals surface area contributed by atoms with Crippen molar-refractivity contribution in [3.8, 4) is 0 Å². The zero-order valence-corrected chi connectivity index (χ0v) is 9.86. The quantitative estimate of drug-likeness (QED) is 0.651. The molecule has 2 aliphatic rings. The highest BCUT2D eigenvalue weighted by Crippen LogP contribution is 2.36. The number of rotatable bonds is 1. The van der Waals surface area contributed by atoms with Gasteiger partial charge in [-0.05, 0) is 25.2 Å². The molecule has 1 saturated carbocycles.